The van der Waals surface area contributed by atoms with E-state index < -0.39 is 25.5 Å². The molecule has 0 unspecified atom stereocenters. The van der Waals surface area contributed by atoms with Crippen LogP contribution in [-0.4, -0.2) is 35.1 Å². The van der Waals surface area contributed by atoms with Gasteiger partial charge in [-0.3, -0.25) is 4.79 Å². The van der Waals surface area contributed by atoms with Gasteiger partial charge in [0.1, 0.15) is 0 Å². The van der Waals surface area contributed by atoms with Gasteiger partial charge in [-0.05, 0) is 49.2 Å². The Bertz CT molecular complexity index is 1040. The van der Waals surface area contributed by atoms with Crippen molar-refractivity contribution in [2.45, 2.75) is 23.6 Å². The zero-order valence-corrected chi connectivity index (χ0v) is 17.6. The number of carbonyl (C=O) groups is 1. The molecule has 0 amide bonds. The van der Waals surface area contributed by atoms with Crippen molar-refractivity contribution in [1.82, 2.24) is 0 Å². The Morgan fingerprint density at radius 2 is 1.04 bits per heavy atom. The molecular weight excluding hydrogens is 419 g/mol. The van der Waals surface area contributed by atoms with E-state index in [1.54, 1.807) is 13.8 Å². The van der Waals surface area contributed by atoms with Gasteiger partial charge >= 0.3 is 0 Å². The van der Waals surface area contributed by atoms with Crippen molar-refractivity contribution in [3.05, 3.63) is 56.6 Å². The van der Waals surface area contributed by atoms with Crippen LogP contribution >= 0.6 is 23.2 Å². The summed E-state index contributed by atoms with van der Waals surface area (Å²) in [5.41, 5.74) is 1.08. The van der Waals surface area contributed by atoms with E-state index in [1.807, 2.05) is 0 Å². The topological polar surface area (TPSA) is 85.3 Å². The molecule has 0 aliphatic heterocycles. The molecule has 0 radical (unpaired) electrons. The average molecular weight is 435 g/mol. The lowest BCUT2D eigenvalue weighted by atomic mass is 9.96. The van der Waals surface area contributed by atoms with Crippen molar-refractivity contribution in [3.63, 3.8) is 0 Å². The largest absolute Gasteiger partial charge is 0.289 e. The van der Waals surface area contributed by atoms with Crippen molar-refractivity contribution in [2.75, 3.05) is 12.5 Å². The molecule has 2 aromatic carbocycles. The number of carbonyl (C=O) groups excluding carboxylic acids is 1. The second kappa shape index (κ2) is 6.96. The van der Waals surface area contributed by atoms with Crippen LogP contribution in [0.15, 0.2) is 34.1 Å². The van der Waals surface area contributed by atoms with Crippen LogP contribution in [0, 0.1) is 13.8 Å². The van der Waals surface area contributed by atoms with Gasteiger partial charge in [-0.15, -0.1) is 0 Å². The highest BCUT2D eigenvalue weighted by Crippen LogP contribution is 2.32. The van der Waals surface area contributed by atoms with E-state index in [2.05, 4.69) is 0 Å². The third-order valence-electron chi connectivity index (χ3n) is 3.99. The maximum atomic E-state index is 12.9. The van der Waals surface area contributed by atoms with Crippen LogP contribution in [0.5, 0.6) is 0 Å². The minimum Gasteiger partial charge on any atom is -0.289 e. The van der Waals surface area contributed by atoms with Crippen LogP contribution in [0.1, 0.15) is 27.0 Å². The van der Waals surface area contributed by atoms with E-state index in [4.69, 9.17) is 23.2 Å². The molecule has 0 atom stereocenters. The van der Waals surface area contributed by atoms with Gasteiger partial charge in [-0.1, -0.05) is 23.2 Å². The monoisotopic (exact) mass is 434 g/mol. The SMILES string of the molecule is Cc1c(C(=O)c2ccc(S(C)(=O)=O)c(Cl)c2C)ccc(S(C)(=O)=O)c1Cl. The maximum absolute atomic E-state index is 12.9. The number of ketones is 1. The quantitative estimate of drug-likeness (QED) is 0.685. The number of sulfone groups is 2. The Morgan fingerprint density at radius 1 is 0.731 bits per heavy atom. The Kier molecular flexibility index (Phi) is 5.59. The molecule has 2 aromatic rings. The van der Waals surface area contributed by atoms with E-state index in [0.717, 1.165) is 12.5 Å². The Labute approximate surface area is 162 Å². The van der Waals surface area contributed by atoms with Crippen LogP contribution in [0.3, 0.4) is 0 Å². The lowest BCUT2D eigenvalue weighted by molar-refractivity contribution is 0.103. The van der Waals surface area contributed by atoms with E-state index in [-0.39, 0.29) is 31.0 Å². The fourth-order valence-electron chi connectivity index (χ4n) is 2.53. The van der Waals surface area contributed by atoms with Gasteiger partial charge in [0.25, 0.3) is 0 Å². The summed E-state index contributed by atoms with van der Waals surface area (Å²) < 4.78 is 47.0. The first-order valence-corrected chi connectivity index (χ1v) is 11.8. The normalized spacial score (nSPS) is 12.2. The van der Waals surface area contributed by atoms with Crippen molar-refractivity contribution in [1.29, 1.82) is 0 Å². The lowest BCUT2D eigenvalue weighted by Gasteiger charge is -2.13. The molecule has 0 saturated heterocycles. The molecule has 9 heteroatoms. The van der Waals surface area contributed by atoms with Crippen LogP contribution in [0.25, 0.3) is 0 Å². The van der Waals surface area contributed by atoms with E-state index in [0.29, 0.717) is 11.1 Å². The lowest BCUT2D eigenvalue weighted by Crippen LogP contribution is -2.10. The minimum absolute atomic E-state index is 0.0187. The fourth-order valence-corrected chi connectivity index (χ4v) is 5.29. The first-order valence-electron chi connectivity index (χ1n) is 7.29. The van der Waals surface area contributed by atoms with Gasteiger partial charge in [0.15, 0.2) is 25.5 Å². The smallest absolute Gasteiger partial charge is 0.193 e. The first kappa shape index (κ1) is 20.9. The van der Waals surface area contributed by atoms with Crippen molar-refractivity contribution < 1.29 is 21.6 Å². The molecule has 140 valence electrons. The van der Waals surface area contributed by atoms with Gasteiger partial charge in [0.2, 0.25) is 0 Å². The second-order valence-corrected chi connectivity index (χ2v) is 10.7. The summed E-state index contributed by atoms with van der Waals surface area (Å²) in [4.78, 5) is 12.8. The molecule has 0 aliphatic rings. The summed E-state index contributed by atoms with van der Waals surface area (Å²) in [6, 6.07) is 5.33. The van der Waals surface area contributed by atoms with Crippen LogP contribution in [-0.2, 0) is 19.7 Å². The average Bonchev–Trinajstić information content (AvgIpc) is 2.49. The highest BCUT2D eigenvalue weighted by atomic mass is 35.5. The maximum Gasteiger partial charge on any atom is 0.193 e. The number of rotatable bonds is 4. The standard InChI is InChI=1S/C17H16Cl2O5S2/c1-9-11(5-7-13(15(9)18)25(3,21)22)17(20)12-6-8-14(26(4,23)24)16(19)10(12)2/h5-8H,1-4H3. The second-order valence-electron chi connectivity index (χ2n) is 5.97. The third kappa shape index (κ3) is 3.81. The summed E-state index contributed by atoms with van der Waals surface area (Å²) in [5.74, 6) is -0.427. The number of benzene rings is 2. The van der Waals surface area contributed by atoms with Gasteiger partial charge in [-0.2, -0.15) is 0 Å². The van der Waals surface area contributed by atoms with Gasteiger partial charge in [-0.25, -0.2) is 16.8 Å². The van der Waals surface area contributed by atoms with Crippen LogP contribution in [0.4, 0.5) is 0 Å². The number of hydrogen-bond donors (Lipinski definition) is 0. The molecule has 0 N–H and O–H groups in total. The minimum atomic E-state index is -3.53. The van der Waals surface area contributed by atoms with Crippen molar-refractivity contribution in [3.8, 4) is 0 Å². The van der Waals surface area contributed by atoms with Crippen molar-refractivity contribution >= 4 is 48.7 Å². The Balaban J connectivity index is 2.65. The third-order valence-corrected chi connectivity index (χ3v) is 7.47. The summed E-state index contributed by atoms with van der Waals surface area (Å²) >= 11 is 12.3. The van der Waals surface area contributed by atoms with Gasteiger partial charge in [0, 0.05) is 23.6 Å². The first-order chi connectivity index (χ1) is 11.8. The summed E-state index contributed by atoms with van der Waals surface area (Å²) in [7, 11) is -7.06. The Morgan fingerprint density at radius 3 is 1.31 bits per heavy atom. The molecule has 0 saturated carbocycles. The molecule has 2 rings (SSSR count). The molecular formula is C17H16Cl2O5S2. The zero-order chi connectivity index (χ0) is 20.0. The highest BCUT2D eigenvalue weighted by molar-refractivity contribution is 7.91. The molecule has 5 nitrogen and oxygen atoms in total. The molecule has 0 spiro atoms. The van der Waals surface area contributed by atoms with Crippen LogP contribution < -0.4 is 0 Å². The van der Waals surface area contributed by atoms with Crippen molar-refractivity contribution in [2.24, 2.45) is 0 Å². The summed E-state index contributed by atoms with van der Waals surface area (Å²) in [5, 5.41) is -0.0373. The van der Waals surface area contributed by atoms with E-state index >= 15 is 0 Å². The van der Waals surface area contributed by atoms with Gasteiger partial charge < -0.3 is 0 Å². The molecule has 0 aliphatic carbocycles. The van der Waals surface area contributed by atoms with E-state index in [1.165, 1.54) is 24.3 Å². The predicted molar refractivity (Wildman–Crippen MR) is 102 cm³/mol. The molecule has 0 aromatic heterocycles. The number of hydrogen-bond acceptors (Lipinski definition) is 5. The summed E-state index contributed by atoms with van der Waals surface area (Å²) in [6.45, 7) is 3.10. The molecule has 0 fully saturated rings. The van der Waals surface area contributed by atoms with Gasteiger partial charge in [0.05, 0.1) is 19.8 Å². The Hall–Kier alpha value is -1.41. The summed E-state index contributed by atoms with van der Waals surface area (Å²) in [6.07, 6.45) is 2.06. The highest BCUT2D eigenvalue weighted by Gasteiger charge is 2.23. The molecule has 0 heterocycles. The molecule has 0 bridgehead atoms. The van der Waals surface area contributed by atoms with E-state index in [9.17, 15) is 21.6 Å². The molecule has 26 heavy (non-hydrogen) atoms. The zero-order valence-electron chi connectivity index (χ0n) is 14.4. The number of halogens is 2. The fraction of sp³-hybridized carbons (Fsp3) is 0.235. The van der Waals surface area contributed by atoms with Crippen LogP contribution in [0.2, 0.25) is 10.0 Å². The predicted octanol–water partition coefficient (Wildman–Crippen LogP) is 3.65.